The zero-order chi connectivity index (χ0) is 86.9. The van der Waals surface area contributed by atoms with Crippen LogP contribution in [0.4, 0.5) is 0 Å². The van der Waals surface area contributed by atoms with Crippen LogP contribution in [0.1, 0.15) is 136 Å². The number of nitrogens with two attached hydrogens (primary N) is 1. The number of benzene rings is 8. The van der Waals surface area contributed by atoms with Crippen molar-refractivity contribution in [3.63, 3.8) is 0 Å². The second-order valence-electron chi connectivity index (χ2n) is 29.3. The number of aliphatic hydroxyl groups excluding tert-OH is 2. The number of nitrogens with zero attached hydrogens (tertiary/aromatic N) is 3. The van der Waals surface area contributed by atoms with E-state index in [1.807, 2.05) is 138 Å². The van der Waals surface area contributed by atoms with E-state index in [0.29, 0.717) is 12.2 Å². The van der Waals surface area contributed by atoms with Gasteiger partial charge >= 0.3 is 0 Å². The van der Waals surface area contributed by atoms with Crippen molar-refractivity contribution < 1.29 is 82.2 Å². The van der Waals surface area contributed by atoms with Gasteiger partial charge in [-0.25, -0.2) is 33.7 Å². The zero-order valence-corrected chi connectivity index (χ0v) is 71.3. The number of Topliss-reactive ketones (excluding diaryl/α,β-unsaturated/α-hetero) is 5. The number of rotatable bonds is 38. The SMILES string of the molecule is Cc1ccc(CC(=O)CCS(=O)(=O)c2ccccc2C(=O)Cc2ncccc2C)cc1.Cc1ccc(CC(=O)CCS(=O)(=O)c2ccccc2C(=O)N(C)CCO)cc1.Cc1ccc(CC(=O)CCS(=O)(=O)c2ccccc2C(=O)NCC(O)CN)cc1.Cc1ccc(CC(=O)CCS(=O)(=O)c2ccccc2C(=O)NCCN2CCCC2)cc1. The average molecular weight is 1700 g/mol. The van der Waals surface area contributed by atoms with Crippen LogP contribution in [0, 0.1) is 34.6 Å². The van der Waals surface area contributed by atoms with Crippen molar-refractivity contribution >= 4 is 86.0 Å². The molecule has 1 aliphatic rings. The Labute approximate surface area is 698 Å². The summed E-state index contributed by atoms with van der Waals surface area (Å²) < 4.78 is 103. The predicted molar refractivity (Wildman–Crippen MR) is 458 cm³/mol. The molecule has 2 heterocycles. The molecule has 1 unspecified atom stereocenters. The van der Waals surface area contributed by atoms with Crippen molar-refractivity contribution in [1.82, 2.24) is 25.4 Å². The van der Waals surface area contributed by atoms with Crippen LogP contribution in [0.25, 0.3) is 0 Å². The Balaban J connectivity index is 0.000000219. The van der Waals surface area contributed by atoms with Crippen LogP contribution < -0.4 is 16.4 Å². The molecule has 1 fully saturated rings. The molecule has 1 aromatic heterocycles. The number of aromatic nitrogens is 1. The molecule has 10 rings (SSSR count). The number of likely N-dealkylation sites (N-methyl/N-ethyl adjacent to an activating group) is 1. The lowest BCUT2D eigenvalue weighted by molar-refractivity contribution is -0.118. The predicted octanol–water partition coefficient (Wildman–Crippen LogP) is 9.95. The number of carbonyl (C=O) groups is 8. The normalized spacial score (nSPS) is 12.4. The number of ketones is 5. The number of aryl methyl sites for hydroxylation is 5. The van der Waals surface area contributed by atoms with E-state index in [2.05, 4.69) is 20.5 Å². The minimum atomic E-state index is -3.84. The van der Waals surface area contributed by atoms with Crippen molar-refractivity contribution in [1.29, 1.82) is 0 Å². The standard InChI is InChI=1S/C25H25NO4S.C24H30N2O4S.C21H26N2O5S.C21H25NO5S/c1-18-9-11-20(12-10-18)16-21(27)13-15-31(29,30)25-8-4-3-7-22(25)24(28)17-23-19(2)6-5-14-26-23;1-19-8-10-20(11-9-19)18-21(27)12-17-31(29,30)23-7-3-2-6-22(23)24(28)25-13-16-26-14-4-5-15-26;1-15-6-8-16(9-7-15)12-17(24)10-11-29(27,28)20-5-3-2-4-19(20)21(26)23-14-18(25)13-22;1-16-7-9-17(10-8-16)15-18(24)11-14-28(26,27)20-6-4-3-5-19(20)21(25)22(2)12-13-23/h3-12,14H,13,15-17H2,1-2H3;2-3,6-11H,4-5,12-18H2,1H3,(H,25,28);2-9,18,25H,10-14,22H2,1H3,(H,23,26);3-10,23H,11-15H2,1-2H3. The summed E-state index contributed by atoms with van der Waals surface area (Å²) in [5.41, 5.74) is 14.8. The number of carbonyl (C=O) groups excluding carboxylic acids is 8. The number of sulfone groups is 4. The smallest absolute Gasteiger partial charge is 0.254 e. The van der Waals surface area contributed by atoms with Crippen molar-refractivity contribution in [3.05, 3.63) is 290 Å². The maximum atomic E-state index is 13.0. The molecular formula is C91H106N6O18S4. The van der Waals surface area contributed by atoms with Crippen LogP contribution in [-0.4, -0.2) is 194 Å². The first kappa shape index (κ1) is 95.5. The highest BCUT2D eigenvalue weighted by atomic mass is 32.2. The van der Waals surface area contributed by atoms with Crippen LogP contribution in [0.3, 0.4) is 0 Å². The Morgan fingerprint density at radius 1 is 0.437 bits per heavy atom. The van der Waals surface area contributed by atoms with Gasteiger partial charge in [-0.1, -0.05) is 180 Å². The van der Waals surface area contributed by atoms with E-state index in [1.165, 1.54) is 79.4 Å². The van der Waals surface area contributed by atoms with Crippen LogP contribution in [0.15, 0.2) is 232 Å². The van der Waals surface area contributed by atoms with Crippen LogP contribution in [0.5, 0.6) is 0 Å². The molecule has 0 saturated carbocycles. The summed E-state index contributed by atoms with van der Waals surface area (Å²) in [4.78, 5) is 107. The van der Waals surface area contributed by atoms with Gasteiger partial charge < -0.3 is 36.4 Å². The maximum absolute atomic E-state index is 13.0. The summed E-state index contributed by atoms with van der Waals surface area (Å²) in [6.45, 7) is 12.8. The molecule has 0 bridgehead atoms. The van der Waals surface area contributed by atoms with Gasteiger partial charge in [0.25, 0.3) is 17.7 Å². The molecular weight excluding hydrogens is 1590 g/mol. The second kappa shape index (κ2) is 46.6. The van der Waals surface area contributed by atoms with Gasteiger partial charge in [0.05, 0.1) is 84.1 Å². The first-order valence-corrected chi connectivity index (χ1v) is 45.7. The lowest BCUT2D eigenvalue weighted by atomic mass is 10.0. The van der Waals surface area contributed by atoms with E-state index in [1.54, 1.807) is 54.7 Å². The lowest BCUT2D eigenvalue weighted by Gasteiger charge is -2.18. The summed E-state index contributed by atoms with van der Waals surface area (Å²) in [6.07, 6.45) is 3.36. The van der Waals surface area contributed by atoms with Gasteiger partial charge in [0.15, 0.2) is 45.1 Å². The highest BCUT2D eigenvalue weighted by Gasteiger charge is 2.29. The third-order valence-corrected chi connectivity index (χ3v) is 26.6. The van der Waals surface area contributed by atoms with Crippen molar-refractivity contribution in [2.75, 3.05) is 82.5 Å². The average Bonchev–Trinajstić information content (AvgIpc) is 1.83. The quantitative estimate of drug-likeness (QED) is 0.0225. The molecule has 24 nitrogen and oxygen atoms in total. The molecule has 0 aliphatic carbocycles. The third-order valence-electron chi connectivity index (χ3n) is 19.5. The first-order chi connectivity index (χ1) is 56.6. The Kier molecular flexibility index (Phi) is 37.4. The van der Waals surface area contributed by atoms with E-state index in [-0.39, 0.29) is 178 Å². The number of nitrogens with one attached hydrogen (secondary N) is 2. The van der Waals surface area contributed by atoms with Gasteiger partial charge in [0.1, 0.15) is 23.1 Å². The minimum Gasteiger partial charge on any atom is -0.395 e. The molecule has 9 aromatic rings. The van der Waals surface area contributed by atoms with E-state index >= 15 is 0 Å². The number of aliphatic hydroxyl groups is 2. The highest BCUT2D eigenvalue weighted by Crippen LogP contribution is 2.25. The van der Waals surface area contributed by atoms with E-state index < -0.39 is 63.2 Å². The van der Waals surface area contributed by atoms with Gasteiger partial charge in [-0.05, 0) is 137 Å². The van der Waals surface area contributed by atoms with Gasteiger partial charge in [-0.2, -0.15) is 0 Å². The Bertz CT molecular complexity index is 5450. The van der Waals surface area contributed by atoms with Gasteiger partial charge in [0.2, 0.25) is 0 Å². The molecule has 3 amide bonds. The molecule has 28 heteroatoms. The van der Waals surface area contributed by atoms with E-state index in [0.717, 1.165) is 69.7 Å². The number of hydrogen-bond acceptors (Lipinski definition) is 21. The second-order valence-corrected chi connectivity index (χ2v) is 37.6. The fourth-order valence-electron chi connectivity index (χ4n) is 12.5. The van der Waals surface area contributed by atoms with Gasteiger partial charge in [0, 0.05) is 103 Å². The summed E-state index contributed by atoms with van der Waals surface area (Å²) in [5, 5.41) is 23.8. The minimum absolute atomic E-state index is 0.0168. The van der Waals surface area contributed by atoms with Crippen LogP contribution in [0.2, 0.25) is 0 Å². The topological polar surface area (TPSA) is 383 Å². The van der Waals surface area contributed by atoms with E-state index in [9.17, 15) is 77.1 Å². The zero-order valence-electron chi connectivity index (χ0n) is 68.0. The van der Waals surface area contributed by atoms with E-state index in [4.69, 9.17) is 10.8 Å². The molecule has 632 valence electrons. The Hall–Kier alpha value is -10.7. The number of amides is 3. The fourth-order valence-corrected chi connectivity index (χ4v) is 18.5. The molecule has 0 radical (unpaired) electrons. The molecule has 1 saturated heterocycles. The number of hydrogen-bond donors (Lipinski definition) is 5. The molecule has 1 atom stereocenters. The third kappa shape index (κ3) is 31.2. The summed E-state index contributed by atoms with van der Waals surface area (Å²) in [5.74, 6) is -3.85. The number of likely N-dealkylation sites (tertiary alicyclic amines) is 1. The molecule has 8 aromatic carbocycles. The van der Waals surface area contributed by atoms with Gasteiger partial charge in [-0.3, -0.25) is 43.3 Å². The number of pyridine rings is 1. The summed E-state index contributed by atoms with van der Waals surface area (Å²) >= 11 is 0. The maximum Gasteiger partial charge on any atom is 0.254 e. The van der Waals surface area contributed by atoms with Crippen molar-refractivity contribution in [3.8, 4) is 0 Å². The molecule has 0 spiro atoms. The highest BCUT2D eigenvalue weighted by molar-refractivity contribution is 7.92. The van der Waals surface area contributed by atoms with Crippen molar-refractivity contribution in [2.45, 2.75) is 131 Å². The molecule has 1 aliphatic heterocycles. The summed E-state index contributed by atoms with van der Waals surface area (Å²) in [6, 6.07) is 58.0. The lowest BCUT2D eigenvalue weighted by Crippen LogP contribution is -2.36. The van der Waals surface area contributed by atoms with Crippen molar-refractivity contribution in [2.24, 2.45) is 5.73 Å². The fraction of sp³-hybridized carbons (Fsp3) is 0.330. The Morgan fingerprint density at radius 3 is 1.12 bits per heavy atom. The van der Waals surface area contributed by atoms with Gasteiger partial charge in [-0.15, -0.1) is 0 Å². The summed E-state index contributed by atoms with van der Waals surface area (Å²) in [7, 11) is -13.7. The molecule has 6 N–H and O–H groups in total. The largest absolute Gasteiger partial charge is 0.395 e. The molecule has 119 heavy (non-hydrogen) atoms. The van der Waals surface area contributed by atoms with Crippen LogP contribution >= 0.6 is 0 Å². The first-order valence-electron chi connectivity index (χ1n) is 39.1. The van der Waals surface area contributed by atoms with Crippen LogP contribution in [-0.2, 0) is 90.6 Å². The Morgan fingerprint density at radius 2 is 0.765 bits per heavy atom. The monoisotopic (exact) mass is 1700 g/mol.